The lowest BCUT2D eigenvalue weighted by atomic mass is 10.3. The molecule has 0 saturated heterocycles. The lowest BCUT2D eigenvalue weighted by Crippen LogP contribution is -2.16. The predicted molar refractivity (Wildman–Crippen MR) is 86.4 cm³/mol. The number of thioether (sulfide) groups is 1. The monoisotopic (exact) mass is 319 g/mol. The Balaban J connectivity index is 1.96. The second-order valence-corrected chi connectivity index (χ2v) is 5.70. The SMILES string of the molecule is CC(C)Oc1ccccc1NC(=O)CSc1nccc(=O)[nH]1. The fraction of sp³-hybridized carbons (Fsp3) is 0.267. The van der Waals surface area contributed by atoms with Gasteiger partial charge < -0.3 is 15.0 Å². The molecule has 0 aliphatic carbocycles. The highest BCUT2D eigenvalue weighted by atomic mass is 32.2. The molecule has 0 spiro atoms. The number of aromatic nitrogens is 2. The van der Waals surface area contributed by atoms with Gasteiger partial charge in [-0.2, -0.15) is 0 Å². The minimum absolute atomic E-state index is 0.0195. The topological polar surface area (TPSA) is 84.1 Å². The Labute approximate surface area is 132 Å². The first-order valence-corrected chi connectivity index (χ1v) is 7.77. The van der Waals surface area contributed by atoms with Crippen LogP contribution in [0.1, 0.15) is 13.8 Å². The maximum atomic E-state index is 12.0. The fourth-order valence-corrected chi connectivity index (χ4v) is 2.32. The lowest BCUT2D eigenvalue weighted by Gasteiger charge is -2.14. The lowest BCUT2D eigenvalue weighted by molar-refractivity contribution is -0.113. The minimum Gasteiger partial charge on any atom is -0.489 e. The van der Waals surface area contributed by atoms with Crippen LogP contribution in [0.2, 0.25) is 0 Å². The van der Waals surface area contributed by atoms with E-state index >= 15 is 0 Å². The smallest absolute Gasteiger partial charge is 0.251 e. The summed E-state index contributed by atoms with van der Waals surface area (Å²) in [6, 6.07) is 8.58. The van der Waals surface area contributed by atoms with Gasteiger partial charge in [0.2, 0.25) is 5.91 Å². The largest absolute Gasteiger partial charge is 0.489 e. The van der Waals surface area contributed by atoms with E-state index in [1.54, 1.807) is 12.1 Å². The molecule has 22 heavy (non-hydrogen) atoms. The van der Waals surface area contributed by atoms with Crippen LogP contribution < -0.4 is 15.6 Å². The van der Waals surface area contributed by atoms with E-state index < -0.39 is 0 Å². The van der Waals surface area contributed by atoms with Crippen LogP contribution in [0.3, 0.4) is 0 Å². The number of benzene rings is 1. The predicted octanol–water partition coefficient (Wildman–Crippen LogP) is 2.29. The van der Waals surface area contributed by atoms with Crippen LogP contribution in [0, 0.1) is 0 Å². The van der Waals surface area contributed by atoms with E-state index in [2.05, 4.69) is 15.3 Å². The van der Waals surface area contributed by atoms with Crippen molar-refractivity contribution in [3.8, 4) is 5.75 Å². The molecule has 116 valence electrons. The Morgan fingerprint density at radius 2 is 2.14 bits per heavy atom. The normalized spacial score (nSPS) is 10.5. The van der Waals surface area contributed by atoms with E-state index in [1.807, 2.05) is 26.0 Å². The zero-order chi connectivity index (χ0) is 15.9. The molecule has 1 heterocycles. The van der Waals surface area contributed by atoms with Crippen molar-refractivity contribution in [2.45, 2.75) is 25.1 Å². The summed E-state index contributed by atoms with van der Waals surface area (Å²) in [6.45, 7) is 3.84. The average molecular weight is 319 g/mol. The Morgan fingerprint density at radius 1 is 1.36 bits per heavy atom. The standard InChI is InChI=1S/C15H17N3O3S/c1-10(2)21-12-6-4-3-5-11(12)17-14(20)9-22-15-16-8-7-13(19)18-15/h3-8,10H,9H2,1-2H3,(H,17,20)(H,16,18,19). The van der Waals surface area contributed by atoms with Gasteiger partial charge >= 0.3 is 0 Å². The number of hydrogen-bond acceptors (Lipinski definition) is 5. The average Bonchev–Trinajstić information content (AvgIpc) is 2.47. The summed E-state index contributed by atoms with van der Waals surface area (Å²) in [7, 11) is 0. The first-order chi connectivity index (χ1) is 10.5. The molecule has 0 aliphatic rings. The number of aromatic amines is 1. The van der Waals surface area contributed by atoms with E-state index in [9.17, 15) is 9.59 Å². The maximum Gasteiger partial charge on any atom is 0.251 e. The van der Waals surface area contributed by atoms with Crippen molar-refractivity contribution in [3.63, 3.8) is 0 Å². The highest BCUT2D eigenvalue weighted by Crippen LogP contribution is 2.25. The van der Waals surface area contributed by atoms with Crippen LogP contribution >= 0.6 is 11.8 Å². The van der Waals surface area contributed by atoms with Crippen LogP contribution in [-0.4, -0.2) is 27.7 Å². The number of para-hydroxylation sites is 2. The summed E-state index contributed by atoms with van der Waals surface area (Å²) in [4.78, 5) is 29.7. The van der Waals surface area contributed by atoms with Crippen LogP contribution in [-0.2, 0) is 4.79 Å². The van der Waals surface area contributed by atoms with Crippen molar-refractivity contribution in [1.82, 2.24) is 9.97 Å². The van der Waals surface area contributed by atoms with E-state index in [1.165, 1.54) is 12.3 Å². The second kappa shape index (κ2) is 7.65. The summed E-state index contributed by atoms with van der Waals surface area (Å²) in [5.74, 6) is 0.571. The molecule has 1 amide bonds. The Bertz CT molecular complexity index is 700. The highest BCUT2D eigenvalue weighted by molar-refractivity contribution is 7.99. The van der Waals surface area contributed by atoms with Gasteiger partial charge in [0.15, 0.2) is 5.16 Å². The van der Waals surface area contributed by atoms with Crippen molar-refractivity contribution in [2.24, 2.45) is 0 Å². The van der Waals surface area contributed by atoms with Crippen molar-refractivity contribution < 1.29 is 9.53 Å². The molecule has 0 atom stereocenters. The molecule has 0 unspecified atom stereocenters. The molecule has 2 rings (SSSR count). The number of nitrogens with zero attached hydrogens (tertiary/aromatic N) is 1. The quantitative estimate of drug-likeness (QED) is 0.630. The molecule has 1 aromatic heterocycles. The van der Waals surface area contributed by atoms with Gasteiger partial charge in [0.1, 0.15) is 5.75 Å². The number of nitrogens with one attached hydrogen (secondary N) is 2. The van der Waals surface area contributed by atoms with Crippen LogP contribution in [0.5, 0.6) is 5.75 Å². The van der Waals surface area contributed by atoms with Crippen LogP contribution in [0.4, 0.5) is 5.69 Å². The molecule has 2 aromatic rings. The summed E-state index contributed by atoms with van der Waals surface area (Å²) >= 11 is 1.16. The number of H-pyrrole nitrogens is 1. The Hall–Kier alpha value is -2.28. The van der Waals surface area contributed by atoms with Gasteiger partial charge in [-0.3, -0.25) is 9.59 Å². The number of ether oxygens (including phenoxy) is 1. The molecule has 0 saturated carbocycles. The van der Waals surface area contributed by atoms with Crippen LogP contribution in [0.25, 0.3) is 0 Å². The van der Waals surface area contributed by atoms with Gasteiger partial charge in [-0.1, -0.05) is 23.9 Å². The van der Waals surface area contributed by atoms with Gasteiger partial charge in [0.05, 0.1) is 17.5 Å². The maximum absolute atomic E-state index is 12.0. The fourth-order valence-electron chi connectivity index (χ4n) is 1.67. The third kappa shape index (κ3) is 4.92. The van der Waals surface area contributed by atoms with Crippen molar-refractivity contribution in [1.29, 1.82) is 0 Å². The van der Waals surface area contributed by atoms with E-state index in [0.717, 1.165) is 11.8 Å². The number of hydrogen-bond donors (Lipinski definition) is 2. The molecular formula is C15H17N3O3S. The van der Waals surface area contributed by atoms with E-state index in [-0.39, 0.29) is 23.3 Å². The number of anilines is 1. The molecule has 1 aromatic carbocycles. The van der Waals surface area contributed by atoms with Gasteiger partial charge in [0, 0.05) is 12.3 Å². The van der Waals surface area contributed by atoms with Gasteiger partial charge in [-0.25, -0.2) is 4.98 Å². The Morgan fingerprint density at radius 3 is 2.86 bits per heavy atom. The zero-order valence-corrected chi connectivity index (χ0v) is 13.1. The van der Waals surface area contributed by atoms with Crippen LogP contribution in [0.15, 0.2) is 46.5 Å². The molecule has 6 nitrogen and oxygen atoms in total. The van der Waals surface area contributed by atoms with E-state index in [0.29, 0.717) is 16.6 Å². The van der Waals surface area contributed by atoms with Crippen molar-refractivity contribution >= 4 is 23.4 Å². The molecule has 7 heteroatoms. The third-order valence-corrected chi connectivity index (χ3v) is 3.40. The van der Waals surface area contributed by atoms with Gasteiger partial charge in [0.25, 0.3) is 5.56 Å². The summed E-state index contributed by atoms with van der Waals surface area (Å²) < 4.78 is 5.64. The number of rotatable bonds is 6. The van der Waals surface area contributed by atoms with Crippen molar-refractivity contribution in [2.75, 3.05) is 11.1 Å². The highest BCUT2D eigenvalue weighted by Gasteiger charge is 2.09. The summed E-state index contributed by atoms with van der Waals surface area (Å²) in [6.07, 6.45) is 1.43. The molecular weight excluding hydrogens is 302 g/mol. The first kappa shape index (κ1) is 16.1. The molecule has 2 N–H and O–H groups in total. The summed E-state index contributed by atoms with van der Waals surface area (Å²) in [5, 5.41) is 3.21. The first-order valence-electron chi connectivity index (χ1n) is 6.78. The number of carbonyl (C=O) groups is 1. The molecule has 0 fully saturated rings. The molecule has 0 bridgehead atoms. The van der Waals surface area contributed by atoms with Gasteiger partial charge in [-0.15, -0.1) is 0 Å². The zero-order valence-electron chi connectivity index (χ0n) is 12.3. The number of carbonyl (C=O) groups excluding carboxylic acids is 1. The number of amides is 1. The summed E-state index contributed by atoms with van der Waals surface area (Å²) in [5.41, 5.74) is 0.380. The van der Waals surface area contributed by atoms with E-state index in [4.69, 9.17) is 4.74 Å². The van der Waals surface area contributed by atoms with Crippen molar-refractivity contribution in [3.05, 3.63) is 46.9 Å². The Kier molecular flexibility index (Phi) is 5.60. The van der Waals surface area contributed by atoms with Gasteiger partial charge in [-0.05, 0) is 26.0 Å². The molecule has 0 aliphatic heterocycles. The second-order valence-electron chi connectivity index (χ2n) is 4.74. The third-order valence-electron chi connectivity index (χ3n) is 2.51. The molecule has 0 radical (unpaired) electrons. The minimum atomic E-state index is -0.242.